The Bertz CT molecular complexity index is 812. The number of fused-ring (bicyclic) bond motifs is 1. The topological polar surface area (TPSA) is 104 Å². The van der Waals surface area contributed by atoms with E-state index in [2.05, 4.69) is 4.52 Å². The number of phosphoric acid groups is 1. The minimum atomic E-state index is -4.73. The number of imide groups is 1. The Hall–Kier alpha value is -2.31. The summed E-state index contributed by atoms with van der Waals surface area (Å²) in [7, 11) is -4.73. The highest BCUT2D eigenvalue weighted by molar-refractivity contribution is 7.46. The number of carbonyl (C=O) groups excluding carboxylic acids is 2. The van der Waals surface area contributed by atoms with E-state index in [1.807, 2.05) is 18.2 Å². The number of phosphoric ester groups is 1. The van der Waals surface area contributed by atoms with Crippen LogP contribution in [0.2, 0.25) is 0 Å². The van der Waals surface area contributed by atoms with Gasteiger partial charge in [-0.3, -0.25) is 19.0 Å². The summed E-state index contributed by atoms with van der Waals surface area (Å²) in [5, 5.41) is 0. The molecule has 1 atom stereocenters. The SMILES string of the molecule is O=C1c2ccccc2C(=O)N1C(COP(=O)(O)O)Cc1ccccc1. The summed E-state index contributed by atoms with van der Waals surface area (Å²) >= 11 is 0. The zero-order valence-corrected chi connectivity index (χ0v) is 14.0. The van der Waals surface area contributed by atoms with Gasteiger partial charge in [0.15, 0.2) is 0 Å². The maximum atomic E-state index is 12.6. The van der Waals surface area contributed by atoms with Gasteiger partial charge in [0.05, 0.1) is 23.8 Å². The molecule has 130 valence electrons. The summed E-state index contributed by atoms with van der Waals surface area (Å²) < 4.78 is 15.7. The minimum Gasteiger partial charge on any atom is -0.303 e. The van der Waals surface area contributed by atoms with E-state index in [0.717, 1.165) is 10.5 Å². The van der Waals surface area contributed by atoms with Crippen molar-refractivity contribution in [3.8, 4) is 0 Å². The van der Waals surface area contributed by atoms with Crippen molar-refractivity contribution in [2.24, 2.45) is 0 Å². The van der Waals surface area contributed by atoms with Crippen molar-refractivity contribution in [2.75, 3.05) is 6.61 Å². The second-order valence-corrected chi connectivity index (χ2v) is 6.90. The molecule has 1 aliphatic heterocycles. The molecule has 2 amide bonds. The molecule has 0 bridgehead atoms. The third-order valence-electron chi connectivity index (χ3n) is 3.94. The van der Waals surface area contributed by atoms with Gasteiger partial charge in [-0.15, -0.1) is 0 Å². The maximum Gasteiger partial charge on any atom is 0.469 e. The van der Waals surface area contributed by atoms with Crippen LogP contribution in [0.5, 0.6) is 0 Å². The van der Waals surface area contributed by atoms with Crippen LogP contribution in [0.25, 0.3) is 0 Å². The first-order valence-corrected chi connectivity index (χ1v) is 9.11. The monoisotopic (exact) mass is 361 g/mol. The fourth-order valence-corrected chi connectivity index (χ4v) is 3.20. The average molecular weight is 361 g/mol. The first-order chi connectivity index (χ1) is 11.9. The fourth-order valence-electron chi connectivity index (χ4n) is 2.83. The number of benzene rings is 2. The summed E-state index contributed by atoms with van der Waals surface area (Å²) in [5.74, 6) is -0.980. The van der Waals surface area contributed by atoms with Crippen molar-refractivity contribution in [3.63, 3.8) is 0 Å². The molecule has 0 fully saturated rings. The highest BCUT2D eigenvalue weighted by Crippen LogP contribution is 2.37. The third-order valence-corrected chi connectivity index (χ3v) is 4.43. The van der Waals surface area contributed by atoms with E-state index in [-0.39, 0.29) is 17.5 Å². The first kappa shape index (κ1) is 17.5. The standard InChI is InChI=1S/C17H16NO6P/c19-16-14-8-4-5-9-15(14)17(20)18(16)13(11-24-25(21,22)23)10-12-6-2-1-3-7-12/h1-9,13H,10-11H2,(H2,21,22,23). The summed E-state index contributed by atoms with van der Waals surface area (Å²) in [6.07, 6.45) is 0.228. The van der Waals surface area contributed by atoms with Gasteiger partial charge >= 0.3 is 7.82 Å². The Morgan fingerprint density at radius 1 is 0.920 bits per heavy atom. The second kappa shape index (κ2) is 6.90. The van der Waals surface area contributed by atoms with E-state index in [4.69, 9.17) is 9.79 Å². The van der Waals surface area contributed by atoms with E-state index in [1.165, 1.54) is 0 Å². The van der Waals surface area contributed by atoms with Gasteiger partial charge in [0, 0.05) is 0 Å². The molecule has 1 heterocycles. The van der Waals surface area contributed by atoms with Gasteiger partial charge in [0.1, 0.15) is 0 Å². The lowest BCUT2D eigenvalue weighted by atomic mass is 10.1. The van der Waals surface area contributed by atoms with Crippen LogP contribution in [0, 0.1) is 0 Å². The van der Waals surface area contributed by atoms with Crippen LogP contribution in [0.15, 0.2) is 54.6 Å². The van der Waals surface area contributed by atoms with Gasteiger partial charge in [-0.1, -0.05) is 42.5 Å². The molecule has 7 nitrogen and oxygen atoms in total. The lowest BCUT2D eigenvalue weighted by Crippen LogP contribution is -2.43. The van der Waals surface area contributed by atoms with Gasteiger partial charge in [-0.25, -0.2) is 4.57 Å². The Balaban J connectivity index is 1.90. The number of carbonyl (C=O) groups is 2. The highest BCUT2D eigenvalue weighted by atomic mass is 31.2. The van der Waals surface area contributed by atoms with Gasteiger partial charge in [0.25, 0.3) is 11.8 Å². The third kappa shape index (κ3) is 3.86. The van der Waals surface area contributed by atoms with Crippen LogP contribution < -0.4 is 0 Å². The summed E-state index contributed by atoms with van der Waals surface area (Å²) in [6, 6.07) is 14.6. The number of hydrogen-bond donors (Lipinski definition) is 2. The molecule has 0 aliphatic carbocycles. The fraction of sp³-hybridized carbons (Fsp3) is 0.176. The van der Waals surface area contributed by atoms with Crippen LogP contribution in [-0.2, 0) is 15.5 Å². The molecule has 2 aromatic carbocycles. The Kier molecular flexibility index (Phi) is 4.83. The van der Waals surface area contributed by atoms with E-state index >= 15 is 0 Å². The molecule has 0 radical (unpaired) electrons. The molecular formula is C17H16NO6P. The Morgan fingerprint density at radius 3 is 1.96 bits per heavy atom. The molecule has 0 saturated heterocycles. The molecule has 2 N–H and O–H groups in total. The lowest BCUT2D eigenvalue weighted by molar-refractivity contribution is 0.0506. The van der Waals surface area contributed by atoms with Crippen molar-refractivity contribution in [3.05, 3.63) is 71.3 Å². The lowest BCUT2D eigenvalue weighted by Gasteiger charge is -2.26. The zero-order chi connectivity index (χ0) is 18.0. The van der Waals surface area contributed by atoms with E-state index < -0.39 is 32.3 Å². The summed E-state index contributed by atoms with van der Waals surface area (Å²) in [4.78, 5) is 44.2. The number of hydrogen-bond acceptors (Lipinski definition) is 4. The maximum absolute atomic E-state index is 12.6. The van der Waals surface area contributed by atoms with E-state index in [1.54, 1.807) is 36.4 Å². The summed E-state index contributed by atoms with van der Waals surface area (Å²) in [5.41, 5.74) is 1.38. The number of nitrogens with zero attached hydrogens (tertiary/aromatic N) is 1. The Morgan fingerprint density at radius 2 is 1.44 bits per heavy atom. The van der Waals surface area contributed by atoms with E-state index in [0.29, 0.717) is 0 Å². The minimum absolute atomic E-state index is 0.228. The average Bonchev–Trinajstić information content (AvgIpc) is 2.84. The molecule has 2 aromatic rings. The summed E-state index contributed by atoms with van der Waals surface area (Å²) in [6.45, 7) is -0.454. The van der Waals surface area contributed by atoms with Crippen LogP contribution in [0.1, 0.15) is 26.3 Å². The zero-order valence-electron chi connectivity index (χ0n) is 13.1. The molecule has 25 heavy (non-hydrogen) atoms. The molecule has 1 aliphatic rings. The Labute approximate surface area is 144 Å². The van der Waals surface area contributed by atoms with Crippen molar-refractivity contribution < 1.29 is 28.5 Å². The largest absolute Gasteiger partial charge is 0.469 e. The number of amides is 2. The first-order valence-electron chi connectivity index (χ1n) is 7.58. The van der Waals surface area contributed by atoms with Crippen molar-refractivity contribution >= 4 is 19.6 Å². The molecule has 0 aromatic heterocycles. The molecule has 1 unspecified atom stereocenters. The smallest absolute Gasteiger partial charge is 0.303 e. The van der Waals surface area contributed by atoms with Crippen LogP contribution in [-0.4, -0.2) is 39.1 Å². The van der Waals surface area contributed by atoms with E-state index in [9.17, 15) is 14.2 Å². The molecule has 8 heteroatoms. The van der Waals surface area contributed by atoms with Crippen molar-refractivity contribution in [1.82, 2.24) is 4.90 Å². The quantitative estimate of drug-likeness (QED) is 0.602. The van der Waals surface area contributed by atoms with Crippen molar-refractivity contribution in [2.45, 2.75) is 12.5 Å². The molecular weight excluding hydrogens is 345 g/mol. The normalized spacial score (nSPS) is 15.4. The predicted molar refractivity (Wildman–Crippen MR) is 88.9 cm³/mol. The predicted octanol–water partition coefficient (Wildman–Crippen LogP) is 2.00. The molecule has 0 spiro atoms. The van der Waals surface area contributed by atoms with Gasteiger partial charge < -0.3 is 9.79 Å². The molecule has 3 rings (SSSR count). The second-order valence-electron chi connectivity index (χ2n) is 5.66. The van der Waals surface area contributed by atoms with Crippen molar-refractivity contribution in [1.29, 1.82) is 0 Å². The van der Waals surface area contributed by atoms with Gasteiger partial charge in [-0.2, -0.15) is 0 Å². The molecule has 0 saturated carbocycles. The van der Waals surface area contributed by atoms with Crippen LogP contribution in [0.3, 0.4) is 0 Å². The number of rotatable bonds is 6. The van der Waals surface area contributed by atoms with Crippen LogP contribution >= 0.6 is 7.82 Å². The van der Waals surface area contributed by atoms with Crippen LogP contribution in [0.4, 0.5) is 0 Å². The van der Waals surface area contributed by atoms with Gasteiger partial charge in [-0.05, 0) is 24.1 Å². The highest BCUT2D eigenvalue weighted by Gasteiger charge is 2.40. The van der Waals surface area contributed by atoms with Gasteiger partial charge in [0.2, 0.25) is 0 Å².